The van der Waals surface area contributed by atoms with Gasteiger partial charge in [0.1, 0.15) is 12.4 Å². The van der Waals surface area contributed by atoms with Crippen LogP contribution < -0.4 is 9.64 Å². The van der Waals surface area contributed by atoms with Crippen LogP contribution >= 0.6 is 0 Å². The fourth-order valence-corrected chi connectivity index (χ4v) is 2.11. The molecule has 0 aromatic heterocycles. The zero-order chi connectivity index (χ0) is 13.0. The van der Waals surface area contributed by atoms with Crippen molar-refractivity contribution in [2.24, 2.45) is 0 Å². The van der Waals surface area contributed by atoms with Crippen LogP contribution in [0.1, 0.15) is 20.3 Å². The molecule has 2 rings (SSSR count). The first-order chi connectivity index (χ1) is 8.74. The molecule has 1 heterocycles. The number of para-hydroxylation sites is 2. The average molecular weight is 249 g/mol. The lowest BCUT2D eigenvalue weighted by Crippen LogP contribution is -2.45. The van der Waals surface area contributed by atoms with Crippen molar-refractivity contribution in [1.29, 1.82) is 0 Å². The molecule has 0 saturated carbocycles. The van der Waals surface area contributed by atoms with Crippen LogP contribution in [0.4, 0.5) is 5.69 Å². The van der Waals surface area contributed by atoms with Gasteiger partial charge in [0.15, 0.2) is 0 Å². The SMILES string of the molecule is CCOCCC(=O)N1c2ccccc2OCC1C. The van der Waals surface area contributed by atoms with E-state index in [0.717, 1.165) is 11.4 Å². The second-order valence-electron chi connectivity index (χ2n) is 4.34. The second-order valence-corrected chi connectivity index (χ2v) is 4.34. The summed E-state index contributed by atoms with van der Waals surface area (Å²) in [5, 5.41) is 0. The number of hydrogen-bond donors (Lipinski definition) is 0. The summed E-state index contributed by atoms with van der Waals surface area (Å²) in [4.78, 5) is 14.1. The van der Waals surface area contributed by atoms with Gasteiger partial charge in [-0.25, -0.2) is 0 Å². The Morgan fingerprint density at radius 3 is 3.06 bits per heavy atom. The highest BCUT2D eigenvalue weighted by atomic mass is 16.5. The van der Waals surface area contributed by atoms with Crippen molar-refractivity contribution in [2.75, 3.05) is 24.7 Å². The van der Waals surface area contributed by atoms with Crippen LogP contribution in [0.2, 0.25) is 0 Å². The van der Waals surface area contributed by atoms with E-state index in [1.165, 1.54) is 0 Å². The standard InChI is InChI=1S/C14H19NO3/c1-3-17-9-8-14(16)15-11(2)10-18-13-7-5-4-6-12(13)15/h4-7,11H,3,8-10H2,1-2H3. The number of hydrogen-bond acceptors (Lipinski definition) is 3. The first-order valence-electron chi connectivity index (χ1n) is 6.35. The van der Waals surface area contributed by atoms with Crippen molar-refractivity contribution < 1.29 is 14.3 Å². The van der Waals surface area contributed by atoms with Crippen LogP contribution in [0.15, 0.2) is 24.3 Å². The fourth-order valence-electron chi connectivity index (χ4n) is 2.11. The second kappa shape index (κ2) is 5.87. The molecule has 0 fully saturated rings. The Bertz CT molecular complexity index is 419. The van der Waals surface area contributed by atoms with Gasteiger partial charge < -0.3 is 14.4 Å². The first kappa shape index (κ1) is 12.9. The third kappa shape index (κ3) is 2.64. The lowest BCUT2D eigenvalue weighted by Gasteiger charge is -2.35. The van der Waals surface area contributed by atoms with Crippen molar-refractivity contribution in [2.45, 2.75) is 26.3 Å². The Labute approximate surface area is 107 Å². The number of rotatable bonds is 4. The van der Waals surface area contributed by atoms with E-state index >= 15 is 0 Å². The van der Waals surface area contributed by atoms with Gasteiger partial charge in [-0.15, -0.1) is 0 Å². The molecule has 4 heteroatoms. The quantitative estimate of drug-likeness (QED) is 0.768. The lowest BCUT2D eigenvalue weighted by atomic mass is 10.1. The van der Waals surface area contributed by atoms with E-state index < -0.39 is 0 Å². The molecule has 0 saturated heterocycles. The van der Waals surface area contributed by atoms with E-state index in [9.17, 15) is 4.79 Å². The molecule has 1 atom stereocenters. The summed E-state index contributed by atoms with van der Waals surface area (Å²) >= 11 is 0. The molecule has 0 bridgehead atoms. The number of anilines is 1. The summed E-state index contributed by atoms with van der Waals surface area (Å²) in [5.41, 5.74) is 0.859. The molecule has 1 aromatic rings. The van der Waals surface area contributed by atoms with Gasteiger partial charge in [-0.1, -0.05) is 12.1 Å². The highest BCUT2D eigenvalue weighted by Gasteiger charge is 2.28. The number of carbonyl (C=O) groups is 1. The van der Waals surface area contributed by atoms with E-state index in [2.05, 4.69) is 0 Å². The molecule has 1 aliphatic rings. The molecular weight excluding hydrogens is 230 g/mol. The number of fused-ring (bicyclic) bond motifs is 1. The van der Waals surface area contributed by atoms with E-state index in [-0.39, 0.29) is 11.9 Å². The monoisotopic (exact) mass is 249 g/mol. The van der Waals surface area contributed by atoms with Gasteiger partial charge in [0.25, 0.3) is 0 Å². The van der Waals surface area contributed by atoms with Gasteiger partial charge in [0.2, 0.25) is 5.91 Å². The largest absolute Gasteiger partial charge is 0.489 e. The van der Waals surface area contributed by atoms with Gasteiger partial charge in [-0.2, -0.15) is 0 Å². The van der Waals surface area contributed by atoms with E-state index in [1.807, 2.05) is 43.0 Å². The molecule has 98 valence electrons. The molecule has 0 N–H and O–H groups in total. The Morgan fingerprint density at radius 2 is 2.28 bits per heavy atom. The predicted octanol–water partition coefficient (Wildman–Crippen LogP) is 2.23. The number of amides is 1. The smallest absolute Gasteiger partial charge is 0.229 e. The molecule has 4 nitrogen and oxygen atoms in total. The maximum atomic E-state index is 12.2. The van der Waals surface area contributed by atoms with Gasteiger partial charge in [-0.3, -0.25) is 4.79 Å². The van der Waals surface area contributed by atoms with Crippen molar-refractivity contribution >= 4 is 11.6 Å². The minimum Gasteiger partial charge on any atom is -0.489 e. The number of carbonyl (C=O) groups excluding carboxylic acids is 1. The zero-order valence-corrected chi connectivity index (χ0v) is 10.9. The van der Waals surface area contributed by atoms with Crippen LogP contribution in [0.3, 0.4) is 0 Å². The molecule has 18 heavy (non-hydrogen) atoms. The van der Waals surface area contributed by atoms with E-state index in [1.54, 1.807) is 0 Å². The van der Waals surface area contributed by atoms with Crippen molar-refractivity contribution in [1.82, 2.24) is 0 Å². The van der Waals surface area contributed by atoms with Crippen molar-refractivity contribution in [3.63, 3.8) is 0 Å². The Morgan fingerprint density at radius 1 is 1.50 bits per heavy atom. The molecular formula is C14H19NO3. The summed E-state index contributed by atoms with van der Waals surface area (Å²) < 4.78 is 10.9. The van der Waals surface area contributed by atoms with Gasteiger partial charge in [0, 0.05) is 6.61 Å². The van der Waals surface area contributed by atoms with Crippen LogP contribution in [0.5, 0.6) is 5.75 Å². The summed E-state index contributed by atoms with van der Waals surface area (Å²) in [6.45, 7) is 5.58. The first-order valence-corrected chi connectivity index (χ1v) is 6.35. The molecule has 1 unspecified atom stereocenters. The normalized spacial score (nSPS) is 18.1. The third-order valence-electron chi connectivity index (χ3n) is 2.98. The maximum Gasteiger partial charge on any atom is 0.229 e. The van der Waals surface area contributed by atoms with Crippen LogP contribution in [0.25, 0.3) is 0 Å². The molecule has 1 aliphatic heterocycles. The number of ether oxygens (including phenoxy) is 2. The summed E-state index contributed by atoms with van der Waals surface area (Å²) in [6.07, 6.45) is 0.409. The topological polar surface area (TPSA) is 38.8 Å². The van der Waals surface area contributed by atoms with Gasteiger partial charge in [-0.05, 0) is 26.0 Å². The molecule has 0 radical (unpaired) electrons. The highest BCUT2D eigenvalue weighted by Crippen LogP contribution is 2.33. The molecule has 0 aliphatic carbocycles. The average Bonchev–Trinajstić information content (AvgIpc) is 2.38. The molecule has 1 amide bonds. The Kier molecular flexibility index (Phi) is 4.20. The van der Waals surface area contributed by atoms with Gasteiger partial charge in [0.05, 0.1) is 24.8 Å². The Hall–Kier alpha value is -1.55. The van der Waals surface area contributed by atoms with Crippen molar-refractivity contribution in [3.8, 4) is 5.75 Å². The van der Waals surface area contributed by atoms with Crippen LogP contribution in [0, 0.1) is 0 Å². The fraction of sp³-hybridized carbons (Fsp3) is 0.500. The van der Waals surface area contributed by atoms with E-state index in [0.29, 0.717) is 26.2 Å². The maximum absolute atomic E-state index is 12.2. The zero-order valence-electron chi connectivity index (χ0n) is 10.9. The molecule has 0 spiro atoms. The number of nitrogens with zero attached hydrogens (tertiary/aromatic N) is 1. The summed E-state index contributed by atoms with van der Waals surface area (Å²) in [7, 11) is 0. The number of benzene rings is 1. The highest BCUT2D eigenvalue weighted by molar-refractivity contribution is 5.95. The van der Waals surface area contributed by atoms with E-state index in [4.69, 9.17) is 9.47 Å². The lowest BCUT2D eigenvalue weighted by molar-refractivity contribution is -0.120. The van der Waals surface area contributed by atoms with Gasteiger partial charge >= 0.3 is 0 Å². The minimum atomic E-state index is 0.0639. The van der Waals surface area contributed by atoms with Crippen LogP contribution in [-0.2, 0) is 9.53 Å². The third-order valence-corrected chi connectivity index (χ3v) is 2.98. The minimum absolute atomic E-state index is 0.0639. The summed E-state index contributed by atoms with van der Waals surface area (Å²) in [5.74, 6) is 0.868. The predicted molar refractivity (Wildman–Crippen MR) is 70.0 cm³/mol. The summed E-state index contributed by atoms with van der Waals surface area (Å²) in [6, 6.07) is 7.71. The van der Waals surface area contributed by atoms with Crippen LogP contribution in [-0.4, -0.2) is 31.8 Å². The Balaban J connectivity index is 2.13. The molecule has 1 aromatic carbocycles. The van der Waals surface area contributed by atoms with Crippen molar-refractivity contribution in [3.05, 3.63) is 24.3 Å².